The maximum atomic E-state index is 11.5. The molecule has 70 heavy (non-hydrogen) atoms. The molecule has 0 unspecified atom stereocenters. The molecule has 0 heterocycles. The summed E-state index contributed by atoms with van der Waals surface area (Å²) >= 11 is 0. The van der Waals surface area contributed by atoms with Gasteiger partial charge in [-0.2, -0.15) is 0 Å². The van der Waals surface area contributed by atoms with Gasteiger partial charge in [0.2, 0.25) is 0 Å². The van der Waals surface area contributed by atoms with E-state index in [1.165, 1.54) is 20.0 Å². The van der Waals surface area contributed by atoms with Crippen LogP contribution in [0.25, 0.3) is 0 Å². The van der Waals surface area contributed by atoms with E-state index in [2.05, 4.69) is 25.5 Å². The van der Waals surface area contributed by atoms with E-state index in [1.807, 2.05) is 138 Å². The van der Waals surface area contributed by atoms with Crippen LogP contribution in [0.5, 0.6) is 0 Å². The van der Waals surface area contributed by atoms with Gasteiger partial charge in [0.15, 0.2) is 0 Å². The van der Waals surface area contributed by atoms with Crippen LogP contribution >= 0.6 is 0 Å². The van der Waals surface area contributed by atoms with Gasteiger partial charge in [0, 0.05) is 0 Å². The standard InChI is InChI=1S/C12H24O2.C11H22O2.C10H20O2.C9H18O2.C8H16O2.C7H14O2.CH4/c1-5-7-8-9-10-14-11(13)12(3,4)6-2;1-5-7-8-9-13-10(12)11(3,4)6-2;1-5-7-8-12-9(11)10(3,4)6-2;1-5-7-11-8(10)9(3,4)6-2;1-5-8(3,4)7(9)10-6-2;1-5-7(2,3)6(8)9-4;/h5-10H2,1-4H3;5-9H2,1-4H3;5-8H2,1-4H3;5-7H2,1-4H3;5-6H2,1-4H3;5H2,1-4H3;1H4. The second-order valence-electron chi connectivity index (χ2n) is 21.3. The van der Waals surface area contributed by atoms with Gasteiger partial charge in [-0.05, 0) is 154 Å². The molecule has 0 atom stereocenters. The third kappa shape index (κ3) is 43.6. The first kappa shape index (κ1) is 80.9. The highest BCUT2D eigenvalue weighted by atomic mass is 16.6. The molecule has 0 bridgehead atoms. The van der Waals surface area contributed by atoms with E-state index in [1.54, 1.807) is 0 Å². The molecule has 0 aliphatic rings. The number of rotatable bonds is 27. The van der Waals surface area contributed by atoms with Crippen LogP contribution in [0.1, 0.15) is 269 Å². The summed E-state index contributed by atoms with van der Waals surface area (Å²) in [6.07, 6.45) is 15.8. The lowest BCUT2D eigenvalue weighted by atomic mass is 9.91. The molecule has 0 N–H and O–H groups in total. The van der Waals surface area contributed by atoms with Crippen LogP contribution in [0.4, 0.5) is 0 Å². The van der Waals surface area contributed by atoms with Crippen molar-refractivity contribution in [2.45, 2.75) is 269 Å². The highest BCUT2D eigenvalue weighted by Crippen LogP contribution is 2.25. The van der Waals surface area contributed by atoms with Crippen molar-refractivity contribution in [2.75, 3.05) is 40.1 Å². The smallest absolute Gasteiger partial charge is 0.311 e. The Hall–Kier alpha value is -3.18. The summed E-state index contributed by atoms with van der Waals surface area (Å²) in [5.74, 6) is -0.509. The molecule has 0 aliphatic carbocycles. The first-order valence-corrected chi connectivity index (χ1v) is 26.7. The van der Waals surface area contributed by atoms with E-state index in [0.717, 1.165) is 89.9 Å². The monoisotopic (exact) mass is 1010 g/mol. The topological polar surface area (TPSA) is 158 Å². The van der Waals surface area contributed by atoms with Crippen LogP contribution < -0.4 is 0 Å². The predicted octanol–water partition coefficient (Wildman–Crippen LogP) is 16.1. The van der Waals surface area contributed by atoms with Gasteiger partial charge in [0.25, 0.3) is 0 Å². The number of carbonyl (C=O) groups is 6. The van der Waals surface area contributed by atoms with Crippen molar-refractivity contribution >= 4 is 35.8 Å². The molecule has 0 aromatic rings. The average Bonchev–Trinajstić information content (AvgIpc) is 3.32. The van der Waals surface area contributed by atoms with Gasteiger partial charge in [-0.15, -0.1) is 0 Å². The molecular formula is C58H118O12. The minimum atomic E-state index is -0.315. The summed E-state index contributed by atoms with van der Waals surface area (Å²) in [4.78, 5) is 67.4. The first-order valence-electron chi connectivity index (χ1n) is 26.7. The molecule has 0 amide bonds. The zero-order chi connectivity index (χ0) is 55.6. The number of methoxy groups -OCH3 is 1. The Bertz CT molecular complexity index is 1310. The Morgan fingerprint density at radius 1 is 0.286 bits per heavy atom. The second kappa shape index (κ2) is 45.7. The van der Waals surface area contributed by atoms with Crippen molar-refractivity contribution in [3.05, 3.63) is 0 Å². The molecule has 0 rings (SSSR count). The Labute approximate surface area is 433 Å². The van der Waals surface area contributed by atoms with E-state index < -0.39 is 0 Å². The van der Waals surface area contributed by atoms with E-state index in [9.17, 15) is 28.8 Å². The van der Waals surface area contributed by atoms with Crippen molar-refractivity contribution in [3.63, 3.8) is 0 Å². The van der Waals surface area contributed by atoms with Gasteiger partial charge < -0.3 is 28.4 Å². The fourth-order valence-corrected chi connectivity index (χ4v) is 3.96. The minimum absolute atomic E-state index is 0. The molecular weight excluding hydrogens is 889 g/mol. The number of hydrogen-bond donors (Lipinski definition) is 0. The summed E-state index contributed by atoms with van der Waals surface area (Å²) < 4.78 is 29.9. The molecule has 0 saturated heterocycles. The van der Waals surface area contributed by atoms with Crippen LogP contribution in [0.15, 0.2) is 0 Å². The van der Waals surface area contributed by atoms with Crippen LogP contribution in [-0.4, -0.2) is 76.0 Å². The number of carbonyl (C=O) groups excluding carboxylic acids is 6. The molecule has 12 nitrogen and oxygen atoms in total. The van der Waals surface area contributed by atoms with Crippen LogP contribution in [0, 0.1) is 32.5 Å². The lowest BCUT2D eigenvalue weighted by Gasteiger charge is -2.20. The van der Waals surface area contributed by atoms with Gasteiger partial charge in [0.1, 0.15) is 0 Å². The predicted molar refractivity (Wildman–Crippen MR) is 293 cm³/mol. The Morgan fingerprint density at radius 3 is 0.743 bits per heavy atom. The van der Waals surface area contributed by atoms with E-state index >= 15 is 0 Å². The lowest BCUT2D eigenvalue weighted by molar-refractivity contribution is -0.155. The summed E-state index contributed by atoms with van der Waals surface area (Å²) in [6.45, 7) is 47.8. The maximum Gasteiger partial charge on any atom is 0.311 e. The summed E-state index contributed by atoms with van der Waals surface area (Å²) in [5, 5.41) is 0. The Morgan fingerprint density at radius 2 is 0.514 bits per heavy atom. The molecule has 12 heteroatoms. The average molecular weight is 1010 g/mol. The summed E-state index contributed by atoms with van der Waals surface area (Å²) in [7, 11) is 1.42. The molecule has 0 radical (unpaired) electrons. The number of esters is 6. The van der Waals surface area contributed by atoms with E-state index in [-0.39, 0.29) is 75.7 Å². The van der Waals surface area contributed by atoms with Crippen molar-refractivity contribution < 1.29 is 57.2 Å². The zero-order valence-electron chi connectivity index (χ0n) is 49.7. The molecule has 0 fully saturated rings. The number of unbranched alkanes of at least 4 members (excludes halogenated alkanes) is 6. The summed E-state index contributed by atoms with van der Waals surface area (Å²) in [5.41, 5.74) is -1.87. The molecule has 422 valence electrons. The van der Waals surface area contributed by atoms with Crippen molar-refractivity contribution in [1.82, 2.24) is 0 Å². The van der Waals surface area contributed by atoms with Gasteiger partial charge in [0.05, 0.1) is 72.6 Å². The third-order valence-electron chi connectivity index (χ3n) is 12.5. The SMILES string of the molecule is C.CCC(C)(C)C(=O)OC.CCCCCCOC(=O)C(C)(C)CC.CCCCCOC(=O)C(C)(C)CC.CCCCOC(=O)C(C)(C)CC.CCCOC(=O)C(C)(C)CC.CCOC(=O)C(C)(C)CC. The van der Waals surface area contributed by atoms with E-state index in [0.29, 0.717) is 33.0 Å². The minimum Gasteiger partial charge on any atom is -0.469 e. The van der Waals surface area contributed by atoms with E-state index in [4.69, 9.17) is 23.7 Å². The maximum absolute atomic E-state index is 11.5. The van der Waals surface area contributed by atoms with Gasteiger partial charge in [-0.3, -0.25) is 28.8 Å². The Kier molecular flexibility index (Phi) is 52.8. The van der Waals surface area contributed by atoms with Crippen LogP contribution in [0.3, 0.4) is 0 Å². The fraction of sp³-hybridized carbons (Fsp3) is 0.897. The lowest BCUT2D eigenvalue weighted by Crippen LogP contribution is -2.26. The highest BCUT2D eigenvalue weighted by molar-refractivity contribution is 5.77. The first-order chi connectivity index (χ1) is 31.8. The zero-order valence-corrected chi connectivity index (χ0v) is 49.7. The van der Waals surface area contributed by atoms with Crippen molar-refractivity contribution in [3.8, 4) is 0 Å². The van der Waals surface area contributed by atoms with Crippen LogP contribution in [-0.2, 0) is 57.2 Å². The molecule has 0 aliphatic heterocycles. The third-order valence-corrected chi connectivity index (χ3v) is 12.5. The number of hydrogen-bond acceptors (Lipinski definition) is 12. The van der Waals surface area contributed by atoms with Gasteiger partial charge in [-0.1, -0.05) is 115 Å². The van der Waals surface area contributed by atoms with Gasteiger partial charge >= 0.3 is 35.8 Å². The molecule has 0 aromatic heterocycles. The van der Waals surface area contributed by atoms with Crippen molar-refractivity contribution in [1.29, 1.82) is 0 Å². The molecule has 0 aromatic carbocycles. The number of ether oxygens (including phenoxy) is 6. The molecule has 0 spiro atoms. The molecule has 0 saturated carbocycles. The second-order valence-corrected chi connectivity index (χ2v) is 21.3. The van der Waals surface area contributed by atoms with Gasteiger partial charge in [-0.25, -0.2) is 0 Å². The quantitative estimate of drug-likeness (QED) is 0.0436. The van der Waals surface area contributed by atoms with Crippen molar-refractivity contribution in [2.24, 2.45) is 32.5 Å². The largest absolute Gasteiger partial charge is 0.469 e. The summed E-state index contributed by atoms with van der Waals surface area (Å²) in [6, 6.07) is 0. The van der Waals surface area contributed by atoms with Crippen LogP contribution in [0.2, 0.25) is 0 Å². The Balaban J connectivity index is -0.000000136. The highest BCUT2D eigenvalue weighted by Gasteiger charge is 2.30. The fourth-order valence-electron chi connectivity index (χ4n) is 3.96. The normalized spacial score (nSPS) is 11.1.